The minimum Gasteiger partial charge on any atom is -0.486 e. The van der Waals surface area contributed by atoms with Crippen LogP contribution in [0.4, 0.5) is 0 Å². The Morgan fingerprint density at radius 1 is 1.04 bits per heavy atom. The van der Waals surface area contributed by atoms with E-state index in [2.05, 4.69) is 4.98 Å². The molecule has 27 heavy (non-hydrogen) atoms. The third-order valence-electron chi connectivity index (χ3n) is 4.55. The number of ether oxygens (including phenoxy) is 2. The second kappa shape index (κ2) is 6.96. The van der Waals surface area contributed by atoms with Crippen LogP contribution in [0.2, 0.25) is 0 Å². The van der Waals surface area contributed by atoms with E-state index in [0.717, 1.165) is 21.9 Å². The van der Waals surface area contributed by atoms with Gasteiger partial charge in [0.25, 0.3) is 0 Å². The lowest BCUT2D eigenvalue weighted by molar-refractivity contribution is 0.0598. The van der Waals surface area contributed by atoms with Crippen LogP contribution in [0.1, 0.15) is 26.3 Å². The zero-order valence-electron chi connectivity index (χ0n) is 14.7. The summed E-state index contributed by atoms with van der Waals surface area (Å²) in [6.45, 7) is 0.275. The molecule has 4 aromatic rings. The third kappa shape index (κ3) is 2.93. The van der Waals surface area contributed by atoms with Crippen LogP contribution in [-0.4, -0.2) is 24.3 Å². The molecule has 0 unspecified atom stereocenters. The molecule has 0 saturated heterocycles. The molecule has 0 amide bonds. The highest BCUT2D eigenvalue weighted by molar-refractivity contribution is 6.15. The van der Waals surface area contributed by atoms with Crippen molar-refractivity contribution >= 4 is 34.1 Å². The van der Waals surface area contributed by atoms with E-state index in [0.29, 0.717) is 17.6 Å². The molecular weight excluding hydrogens is 342 g/mol. The summed E-state index contributed by atoms with van der Waals surface area (Å²) in [6.07, 6.45) is 0.636. The van der Waals surface area contributed by atoms with Crippen LogP contribution >= 0.6 is 0 Å². The van der Waals surface area contributed by atoms with Crippen molar-refractivity contribution in [3.05, 3.63) is 77.4 Å². The Morgan fingerprint density at radius 2 is 1.78 bits per heavy atom. The maximum atomic E-state index is 12.3. The molecule has 0 bridgehead atoms. The number of rotatable bonds is 5. The van der Waals surface area contributed by atoms with Gasteiger partial charge in [-0.15, -0.1) is 0 Å². The van der Waals surface area contributed by atoms with Gasteiger partial charge < -0.3 is 14.5 Å². The van der Waals surface area contributed by atoms with Gasteiger partial charge in [-0.1, -0.05) is 48.5 Å². The molecule has 3 aromatic carbocycles. The van der Waals surface area contributed by atoms with Gasteiger partial charge >= 0.3 is 5.97 Å². The highest BCUT2D eigenvalue weighted by Crippen LogP contribution is 2.36. The molecule has 0 aliphatic rings. The number of carbonyl (C=O) groups is 2. The number of nitrogens with one attached hydrogen (secondary N) is 1. The van der Waals surface area contributed by atoms with Gasteiger partial charge in [0.15, 0.2) is 12.0 Å². The number of H-pyrrole nitrogens is 1. The average Bonchev–Trinajstić information content (AvgIpc) is 3.10. The van der Waals surface area contributed by atoms with Crippen LogP contribution in [-0.2, 0) is 11.3 Å². The summed E-state index contributed by atoms with van der Waals surface area (Å²) in [5, 5.41) is 1.75. The van der Waals surface area contributed by atoms with Crippen molar-refractivity contribution in [2.24, 2.45) is 0 Å². The number of benzene rings is 3. The van der Waals surface area contributed by atoms with Gasteiger partial charge in [-0.05, 0) is 17.7 Å². The van der Waals surface area contributed by atoms with Crippen LogP contribution in [0.3, 0.4) is 0 Å². The Hall–Kier alpha value is -3.60. The fraction of sp³-hybridized carbons (Fsp3) is 0.0909. The van der Waals surface area contributed by atoms with Gasteiger partial charge in [-0.25, -0.2) is 4.79 Å². The molecule has 1 aromatic heterocycles. The van der Waals surface area contributed by atoms with Crippen molar-refractivity contribution in [1.29, 1.82) is 0 Å². The Morgan fingerprint density at radius 3 is 2.52 bits per heavy atom. The number of aldehydes is 1. The van der Waals surface area contributed by atoms with Crippen LogP contribution in [0.5, 0.6) is 5.75 Å². The number of aromatic amines is 1. The topological polar surface area (TPSA) is 68.4 Å². The van der Waals surface area contributed by atoms with E-state index >= 15 is 0 Å². The summed E-state index contributed by atoms with van der Waals surface area (Å²) in [5.74, 6) is -0.225. The quantitative estimate of drug-likeness (QED) is 0.421. The van der Waals surface area contributed by atoms with E-state index < -0.39 is 5.97 Å². The standard InChI is InChI=1S/C22H17NO4/c1-26-22(25)17-11-16-15-9-5-6-10-19(15)23-20(16)21(18(17)12-24)27-13-14-7-3-2-4-8-14/h2-12,23H,13H2,1H3. The Balaban J connectivity index is 1.95. The van der Waals surface area contributed by atoms with Gasteiger partial charge in [0.1, 0.15) is 6.61 Å². The Bertz CT molecular complexity index is 1150. The molecule has 1 heterocycles. The molecule has 5 nitrogen and oxygen atoms in total. The minimum atomic E-state index is -0.575. The number of aromatic nitrogens is 1. The van der Waals surface area contributed by atoms with Crippen LogP contribution in [0.15, 0.2) is 60.7 Å². The molecule has 4 rings (SSSR count). The number of methoxy groups -OCH3 is 1. The molecular formula is C22H17NO4. The summed E-state index contributed by atoms with van der Waals surface area (Å²) < 4.78 is 10.9. The van der Waals surface area contributed by atoms with E-state index in [-0.39, 0.29) is 17.7 Å². The maximum absolute atomic E-state index is 12.3. The fourth-order valence-electron chi connectivity index (χ4n) is 3.25. The molecule has 0 atom stereocenters. The van der Waals surface area contributed by atoms with E-state index in [9.17, 15) is 9.59 Å². The molecule has 0 fully saturated rings. The largest absolute Gasteiger partial charge is 0.486 e. The highest BCUT2D eigenvalue weighted by Gasteiger charge is 2.22. The number of fused-ring (bicyclic) bond motifs is 3. The van der Waals surface area contributed by atoms with Crippen LogP contribution in [0.25, 0.3) is 21.8 Å². The summed E-state index contributed by atoms with van der Waals surface area (Å²) in [4.78, 5) is 27.4. The number of hydrogen-bond acceptors (Lipinski definition) is 4. The number of esters is 1. The molecule has 1 N–H and O–H groups in total. The molecule has 0 saturated carbocycles. The number of carbonyl (C=O) groups excluding carboxylic acids is 2. The predicted molar refractivity (Wildman–Crippen MR) is 103 cm³/mol. The smallest absolute Gasteiger partial charge is 0.338 e. The van der Waals surface area contributed by atoms with Crippen LogP contribution in [0, 0.1) is 0 Å². The zero-order chi connectivity index (χ0) is 18.8. The van der Waals surface area contributed by atoms with E-state index in [1.165, 1.54) is 7.11 Å². The van der Waals surface area contributed by atoms with Crippen molar-refractivity contribution in [2.45, 2.75) is 6.61 Å². The first-order chi connectivity index (χ1) is 13.2. The minimum absolute atomic E-state index is 0.178. The maximum Gasteiger partial charge on any atom is 0.338 e. The van der Waals surface area contributed by atoms with Crippen LogP contribution < -0.4 is 4.74 Å². The van der Waals surface area contributed by atoms with Crippen molar-refractivity contribution < 1.29 is 19.1 Å². The van der Waals surface area contributed by atoms with E-state index in [1.807, 2.05) is 54.6 Å². The van der Waals surface area contributed by atoms with Crippen molar-refractivity contribution in [3.8, 4) is 5.75 Å². The lowest BCUT2D eigenvalue weighted by Crippen LogP contribution is -2.08. The lowest BCUT2D eigenvalue weighted by Gasteiger charge is -2.13. The molecule has 0 radical (unpaired) electrons. The highest BCUT2D eigenvalue weighted by atomic mass is 16.5. The summed E-state index contributed by atoms with van der Waals surface area (Å²) >= 11 is 0. The zero-order valence-corrected chi connectivity index (χ0v) is 14.7. The third-order valence-corrected chi connectivity index (χ3v) is 4.55. The van der Waals surface area contributed by atoms with Gasteiger partial charge in [0.2, 0.25) is 0 Å². The van der Waals surface area contributed by atoms with Gasteiger partial charge in [0.05, 0.1) is 23.8 Å². The first-order valence-corrected chi connectivity index (χ1v) is 8.50. The second-order valence-electron chi connectivity index (χ2n) is 6.14. The normalized spacial score (nSPS) is 10.9. The summed E-state index contributed by atoms with van der Waals surface area (Å²) in [5.41, 5.74) is 2.91. The SMILES string of the molecule is COC(=O)c1cc2c([nH]c3ccccc32)c(OCc2ccccc2)c1C=O. The fourth-order valence-corrected chi connectivity index (χ4v) is 3.25. The lowest BCUT2D eigenvalue weighted by atomic mass is 10.0. The molecule has 5 heteroatoms. The summed E-state index contributed by atoms with van der Waals surface area (Å²) in [6, 6.07) is 19.1. The Kier molecular flexibility index (Phi) is 4.34. The van der Waals surface area contributed by atoms with Gasteiger partial charge in [-0.2, -0.15) is 0 Å². The first-order valence-electron chi connectivity index (χ1n) is 8.50. The van der Waals surface area contributed by atoms with Crippen molar-refractivity contribution in [3.63, 3.8) is 0 Å². The second-order valence-corrected chi connectivity index (χ2v) is 6.14. The monoisotopic (exact) mass is 359 g/mol. The van der Waals surface area contributed by atoms with Crippen molar-refractivity contribution in [2.75, 3.05) is 7.11 Å². The summed E-state index contributed by atoms with van der Waals surface area (Å²) in [7, 11) is 1.29. The molecule has 0 aliphatic heterocycles. The first kappa shape index (κ1) is 16.8. The van der Waals surface area contributed by atoms with E-state index in [1.54, 1.807) is 6.07 Å². The number of hydrogen-bond donors (Lipinski definition) is 1. The van der Waals surface area contributed by atoms with Gasteiger partial charge in [0, 0.05) is 16.3 Å². The Labute approximate surface area is 155 Å². The molecule has 134 valence electrons. The molecule has 0 aliphatic carbocycles. The van der Waals surface area contributed by atoms with E-state index in [4.69, 9.17) is 9.47 Å². The number of para-hydroxylation sites is 1. The van der Waals surface area contributed by atoms with Crippen molar-refractivity contribution in [1.82, 2.24) is 4.98 Å². The average molecular weight is 359 g/mol. The van der Waals surface area contributed by atoms with Gasteiger partial charge in [-0.3, -0.25) is 4.79 Å². The predicted octanol–water partition coefficient (Wildman–Crippen LogP) is 4.50. The molecule has 0 spiro atoms.